The fourth-order valence-corrected chi connectivity index (χ4v) is 3.69. The van der Waals surface area contributed by atoms with Gasteiger partial charge in [0.1, 0.15) is 0 Å². The van der Waals surface area contributed by atoms with Gasteiger partial charge in [-0.3, -0.25) is 4.79 Å². The van der Waals surface area contributed by atoms with Gasteiger partial charge in [0, 0.05) is 24.9 Å². The molecular weight excluding hydrogens is 236 g/mol. The Kier molecular flexibility index (Phi) is 5.68. The van der Waals surface area contributed by atoms with E-state index in [0.717, 1.165) is 31.8 Å². The summed E-state index contributed by atoms with van der Waals surface area (Å²) in [5, 5.41) is 6.42. The van der Waals surface area contributed by atoms with Crippen LogP contribution < -0.4 is 10.6 Å². The van der Waals surface area contributed by atoms with E-state index in [1.165, 1.54) is 51.4 Å². The molecule has 2 aliphatic rings. The predicted octanol–water partition coefficient (Wildman–Crippen LogP) is 2.85. The molecule has 2 fully saturated rings. The second-order valence-corrected chi connectivity index (χ2v) is 6.70. The molecule has 3 nitrogen and oxygen atoms in total. The second kappa shape index (κ2) is 7.28. The second-order valence-electron chi connectivity index (χ2n) is 6.70. The van der Waals surface area contributed by atoms with E-state index >= 15 is 0 Å². The molecule has 0 radical (unpaired) electrons. The first-order valence-corrected chi connectivity index (χ1v) is 8.15. The molecule has 0 aromatic carbocycles. The van der Waals surface area contributed by atoms with Crippen LogP contribution in [0.25, 0.3) is 0 Å². The molecule has 2 rings (SSSR count). The first-order valence-electron chi connectivity index (χ1n) is 8.15. The Morgan fingerprint density at radius 1 is 1.16 bits per heavy atom. The zero-order chi connectivity index (χ0) is 13.6. The van der Waals surface area contributed by atoms with E-state index in [2.05, 4.69) is 10.6 Å². The molecule has 0 aromatic rings. The van der Waals surface area contributed by atoms with Crippen molar-refractivity contribution in [2.75, 3.05) is 20.1 Å². The van der Waals surface area contributed by atoms with Crippen molar-refractivity contribution < 1.29 is 4.79 Å². The lowest BCUT2D eigenvalue weighted by Crippen LogP contribution is -2.47. The number of carbonyl (C=O) groups is 1. The summed E-state index contributed by atoms with van der Waals surface area (Å²) in [5.74, 6) is 1.18. The van der Waals surface area contributed by atoms with Crippen molar-refractivity contribution in [1.29, 1.82) is 0 Å². The topological polar surface area (TPSA) is 41.1 Å². The van der Waals surface area contributed by atoms with Gasteiger partial charge in [0.2, 0.25) is 5.91 Å². The molecule has 0 spiro atoms. The quantitative estimate of drug-likeness (QED) is 0.709. The lowest BCUT2D eigenvalue weighted by molar-refractivity contribution is -0.122. The van der Waals surface area contributed by atoms with Crippen molar-refractivity contribution >= 4 is 5.91 Å². The smallest absolute Gasteiger partial charge is 0.220 e. The van der Waals surface area contributed by atoms with E-state index < -0.39 is 0 Å². The normalized spacial score (nSPS) is 22.2. The van der Waals surface area contributed by atoms with E-state index in [1.807, 2.05) is 7.05 Å². The van der Waals surface area contributed by atoms with Crippen LogP contribution in [0.5, 0.6) is 0 Å². The fourth-order valence-electron chi connectivity index (χ4n) is 3.69. The molecule has 0 heterocycles. The average Bonchev–Trinajstić information content (AvgIpc) is 2.85. The first kappa shape index (κ1) is 14.8. The number of rotatable bonds is 8. The average molecular weight is 266 g/mol. The van der Waals surface area contributed by atoms with Gasteiger partial charge < -0.3 is 10.6 Å². The summed E-state index contributed by atoms with van der Waals surface area (Å²) < 4.78 is 0. The Morgan fingerprint density at radius 3 is 2.47 bits per heavy atom. The Bertz CT molecular complexity index is 280. The molecule has 1 amide bonds. The van der Waals surface area contributed by atoms with Crippen molar-refractivity contribution in [3.05, 3.63) is 0 Å². The Morgan fingerprint density at radius 2 is 1.89 bits per heavy atom. The maximum atomic E-state index is 11.9. The molecule has 0 aliphatic heterocycles. The predicted molar refractivity (Wildman–Crippen MR) is 79.0 cm³/mol. The Balaban J connectivity index is 1.56. The van der Waals surface area contributed by atoms with Crippen LogP contribution in [0, 0.1) is 11.3 Å². The van der Waals surface area contributed by atoms with Gasteiger partial charge in [-0.25, -0.2) is 0 Å². The van der Waals surface area contributed by atoms with Crippen LogP contribution in [0.4, 0.5) is 0 Å². The molecule has 2 saturated carbocycles. The van der Waals surface area contributed by atoms with Crippen LogP contribution in [0.15, 0.2) is 0 Å². The third kappa shape index (κ3) is 4.48. The molecule has 2 N–H and O–H groups in total. The summed E-state index contributed by atoms with van der Waals surface area (Å²) in [7, 11) is 2.00. The van der Waals surface area contributed by atoms with E-state index in [-0.39, 0.29) is 5.91 Å². The maximum absolute atomic E-state index is 11.9. The molecule has 0 atom stereocenters. The zero-order valence-corrected chi connectivity index (χ0v) is 12.5. The summed E-state index contributed by atoms with van der Waals surface area (Å²) in [4.78, 5) is 11.9. The highest BCUT2D eigenvalue weighted by Gasteiger charge is 2.36. The van der Waals surface area contributed by atoms with Crippen molar-refractivity contribution in [1.82, 2.24) is 10.6 Å². The Hall–Kier alpha value is -0.570. The van der Waals surface area contributed by atoms with Crippen LogP contribution in [0.1, 0.15) is 64.2 Å². The van der Waals surface area contributed by atoms with Crippen molar-refractivity contribution in [2.24, 2.45) is 11.3 Å². The molecule has 3 heteroatoms. The minimum Gasteiger partial charge on any atom is -0.355 e. The summed E-state index contributed by atoms with van der Waals surface area (Å²) in [6.45, 7) is 1.91. The molecule has 2 aliphatic carbocycles. The number of hydrogen-bond acceptors (Lipinski definition) is 2. The monoisotopic (exact) mass is 266 g/mol. The van der Waals surface area contributed by atoms with E-state index in [0.29, 0.717) is 5.41 Å². The van der Waals surface area contributed by atoms with Crippen LogP contribution in [0.3, 0.4) is 0 Å². The fraction of sp³-hybridized carbons (Fsp3) is 0.938. The summed E-state index contributed by atoms with van der Waals surface area (Å²) in [6, 6.07) is 0. The number of nitrogens with one attached hydrogen (secondary N) is 2. The van der Waals surface area contributed by atoms with Gasteiger partial charge >= 0.3 is 0 Å². The van der Waals surface area contributed by atoms with Gasteiger partial charge in [-0.05, 0) is 38.6 Å². The van der Waals surface area contributed by atoms with Gasteiger partial charge in [-0.15, -0.1) is 0 Å². The third-order valence-corrected chi connectivity index (χ3v) is 5.12. The molecule has 0 unspecified atom stereocenters. The summed E-state index contributed by atoms with van der Waals surface area (Å²) >= 11 is 0. The van der Waals surface area contributed by atoms with Gasteiger partial charge in [0.05, 0.1) is 0 Å². The summed E-state index contributed by atoms with van der Waals surface area (Å²) in [6.07, 6.45) is 12.5. The van der Waals surface area contributed by atoms with Crippen LogP contribution in [-0.4, -0.2) is 26.0 Å². The largest absolute Gasteiger partial charge is 0.355 e. The molecule has 0 saturated heterocycles. The van der Waals surface area contributed by atoms with Crippen LogP contribution in [-0.2, 0) is 4.79 Å². The molecule has 19 heavy (non-hydrogen) atoms. The number of amides is 1. The first-order chi connectivity index (χ1) is 9.24. The van der Waals surface area contributed by atoms with Crippen LogP contribution in [0.2, 0.25) is 0 Å². The van der Waals surface area contributed by atoms with E-state index in [9.17, 15) is 4.79 Å². The maximum Gasteiger partial charge on any atom is 0.220 e. The lowest BCUT2D eigenvalue weighted by Gasteiger charge is -2.42. The van der Waals surface area contributed by atoms with Crippen molar-refractivity contribution in [3.8, 4) is 0 Å². The zero-order valence-electron chi connectivity index (χ0n) is 12.5. The molecule has 0 aromatic heterocycles. The number of carbonyl (C=O) groups excluding carboxylic acids is 1. The van der Waals surface area contributed by atoms with Gasteiger partial charge in [0.25, 0.3) is 0 Å². The minimum atomic E-state index is 0.264. The van der Waals surface area contributed by atoms with Crippen LogP contribution >= 0.6 is 0 Å². The van der Waals surface area contributed by atoms with Gasteiger partial charge in [0.15, 0.2) is 0 Å². The highest BCUT2D eigenvalue weighted by Crippen LogP contribution is 2.39. The SMILES string of the molecule is CNCC1(CNC(=O)CCCC2CCCC2)CCC1. The summed E-state index contributed by atoms with van der Waals surface area (Å²) in [5.41, 5.74) is 0.357. The number of hydrogen-bond donors (Lipinski definition) is 2. The van der Waals surface area contributed by atoms with E-state index in [4.69, 9.17) is 0 Å². The highest BCUT2D eigenvalue weighted by molar-refractivity contribution is 5.75. The lowest BCUT2D eigenvalue weighted by atomic mass is 9.68. The standard InChI is InChI=1S/C16H30N2O/c1-17-12-16(10-5-11-16)13-18-15(19)9-4-8-14-6-2-3-7-14/h14,17H,2-13H2,1H3,(H,18,19). The van der Waals surface area contributed by atoms with Gasteiger partial charge in [-0.1, -0.05) is 32.1 Å². The Labute approximate surface area is 117 Å². The molecule has 0 bridgehead atoms. The highest BCUT2D eigenvalue weighted by atomic mass is 16.1. The van der Waals surface area contributed by atoms with E-state index in [1.54, 1.807) is 0 Å². The van der Waals surface area contributed by atoms with Gasteiger partial charge in [-0.2, -0.15) is 0 Å². The minimum absolute atomic E-state index is 0.264. The molecule has 110 valence electrons. The van der Waals surface area contributed by atoms with Crippen molar-refractivity contribution in [3.63, 3.8) is 0 Å². The van der Waals surface area contributed by atoms with Crippen molar-refractivity contribution in [2.45, 2.75) is 64.2 Å². The molecular formula is C16H30N2O. The third-order valence-electron chi connectivity index (χ3n) is 5.12.